The van der Waals surface area contributed by atoms with Gasteiger partial charge in [-0.15, -0.1) is 0 Å². The normalized spacial score (nSPS) is 22.1. The molecule has 0 aromatic heterocycles. The lowest BCUT2D eigenvalue weighted by Crippen LogP contribution is -2.47. The summed E-state index contributed by atoms with van der Waals surface area (Å²) in [5.41, 5.74) is 0. The molecule has 1 atom stereocenters. The van der Waals surface area contributed by atoms with Gasteiger partial charge in [-0.2, -0.15) is 0 Å². The monoisotopic (exact) mass is 213 g/mol. The number of carbonyl (C=O) groups is 1. The van der Waals surface area contributed by atoms with E-state index in [4.69, 9.17) is 7.98 Å². The van der Waals surface area contributed by atoms with Crippen LogP contribution in [0.25, 0.3) is 0 Å². The van der Waals surface area contributed by atoms with Gasteiger partial charge in [-0.25, -0.2) is 0 Å². The van der Waals surface area contributed by atoms with Crippen molar-refractivity contribution < 1.29 is 4.79 Å². The lowest BCUT2D eigenvalue weighted by molar-refractivity contribution is 0.221. The van der Waals surface area contributed by atoms with Crippen molar-refractivity contribution in [2.45, 2.75) is 19.3 Å². The Morgan fingerprint density at radius 3 is 3.00 bits per heavy atom. The van der Waals surface area contributed by atoms with E-state index < -0.39 is 0 Å². The van der Waals surface area contributed by atoms with Crippen LogP contribution >= 0.6 is 21.6 Å². The second kappa shape index (κ2) is 5.75. The van der Waals surface area contributed by atoms with Crippen molar-refractivity contribution >= 4 is 43.0 Å². The van der Waals surface area contributed by atoms with Crippen molar-refractivity contribution in [1.82, 2.24) is 10.0 Å². The van der Waals surface area contributed by atoms with Gasteiger partial charge in [0.15, 0.2) is 0 Å². The maximum Gasteiger partial charge on any atom is 0.292 e. The van der Waals surface area contributed by atoms with E-state index in [1.165, 1.54) is 4.81 Å². The summed E-state index contributed by atoms with van der Waals surface area (Å²) in [4.78, 5) is 12.6. The van der Waals surface area contributed by atoms with Crippen molar-refractivity contribution in [3.05, 3.63) is 0 Å². The number of carbonyl (C=O) groups excluding carboxylic acids is 1. The smallest absolute Gasteiger partial charge is 0.292 e. The SMILES string of the molecule is [B]N(C(=O)N[B]C)C1CCSSC1. The molecule has 1 unspecified atom stereocenters. The third-order valence-electron chi connectivity index (χ3n) is 1.77. The average molecular weight is 213 g/mol. The molecule has 1 rings (SSSR count). The van der Waals surface area contributed by atoms with E-state index in [0.29, 0.717) is 0 Å². The van der Waals surface area contributed by atoms with Crippen molar-refractivity contribution in [3.8, 4) is 0 Å². The fourth-order valence-electron chi connectivity index (χ4n) is 1.04. The van der Waals surface area contributed by atoms with Gasteiger partial charge in [0.25, 0.3) is 6.03 Å². The highest BCUT2D eigenvalue weighted by Gasteiger charge is 2.21. The third-order valence-corrected chi connectivity index (χ3v) is 4.27. The Hall–Kier alpha value is 0.0999. The highest BCUT2D eigenvalue weighted by atomic mass is 33.1. The minimum absolute atomic E-state index is 0.172. The van der Waals surface area contributed by atoms with Gasteiger partial charge in [0, 0.05) is 17.5 Å². The summed E-state index contributed by atoms with van der Waals surface area (Å²) in [7, 11) is 10.9. The van der Waals surface area contributed by atoms with Crippen LogP contribution in [0.4, 0.5) is 4.79 Å². The van der Waals surface area contributed by atoms with Crippen LogP contribution in [-0.2, 0) is 0 Å². The molecule has 1 heterocycles. The topological polar surface area (TPSA) is 32.3 Å². The van der Waals surface area contributed by atoms with Crippen LogP contribution in [0.5, 0.6) is 0 Å². The van der Waals surface area contributed by atoms with Crippen LogP contribution in [-0.4, -0.2) is 43.8 Å². The molecule has 3 radical (unpaired) electrons. The molecular formula is C6H11B2N2OS2. The zero-order valence-corrected chi connectivity index (χ0v) is 9.16. The van der Waals surface area contributed by atoms with E-state index >= 15 is 0 Å². The predicted molar refractivity (Wildman–Crippen MR) is 61.1 cm³/mol. The first-order valence-electron chi connectivity index (χ1n) is 4.12. The molecule has 1 saturated heterocycles. The number of nitrogens with zero attached hydrogens (tertiary/aromatic N) is 1. The van der Waals surface area contributed by atoms with Crippen LogP contribution < -0.4 is 5.23 Å². The molecule has 1 fully saturated rings. The van der Waals surface area contributed by atoms with Gasteiger partial charge < -0.3 is 10.0 Å². The molecule has 0 saturated carbocycles. The van der Waals surface area contributed by atoms with Gasteiger partial charge in [-0.3, -0.25) is 4.79 Å². The number of hydrogen-bond donors (Lipinski definition) is 1. The van der Waals surface area contributed by atoms with E-state index in [0.717, 1.165) is 17.9 Å². The van der Waals surface area contributed by atoms with E-state index in [2.05, 4.69) is 5.23 Å². The maximum atomic E-state index is 11.3. The second-order valence-corrected chi connectivity index (χ2v) is 5.32. The zero-order chi connectivity index (χ0) is 9.68. The van der Waals surface area contributed by atoms with Crippen molar-refractivity contribution in [1.29, 1.82) is 0 Å². The first kappa shape index (κ1) is 11.2. The van der Waals surface area contributed by atoms with Gasteiger partial charge in [0.05, 0.1) is 0 Å². The third kappa shape index (κ3) is 3.38. The van der Waals surface area contributed by atoms with Crippen LogP contribution in [0.1, 0.15) is 6.42 Å². The molecule has 0 aromatic carbocycles. The molecule has 1 aliphatic rings. The van der Waals surface area contributed by atoms with Crippen LogP contribution in [0, 0.1) is 0 Å². The Morgan fingerprint density at radius 2 is 2.46 bits per heavy atom. The first-order chi connectivity index (χ1) is 6.25. The van der Waals surface area contributed by atoms with Gasteiger partial charge in [0.1, 0.15) is 0 Å². The summed E-state index contributed by atoms with van der Waals surface area (Å²) in [6.45, 7) is 1.76. The Labute approximate surface area is 88.9 Å². The fourth-order valence-corrected chi connectivity index (χ4v) is 3.51. The Balaban J connectivity index is 2.35. The molecule has 1 N–H and O–H groups in total. The van der Waals surface area contributed by atoms with Gasteiger partial charge in [-0.05, 0) is 6.42 Å². The summed E-state index contributed by atoms with van der Waals surface area (Å²) in [6, 6.07) is -0.0498. The molecule has 0 spiro atoms. The summed E-state index contributed by atoms with van der Waals surface area (Å²) in [6.07, 6.45) is 0.977. The molecule has 1 aliphatic heterocycles. The Morgan fingerprint density at radius 1 is 1.69 bits per heavy atom. The van der Waals surface area contributed by atoms with Crippen molar-refractivity contribution in [2.24, 2.45) is 0 Å². The van der Waals surface area contributed by atoms with E-state index in [1.54, 1.807) is 25.0 Å². The average Bonchev–Trinajstić information content (AvgIpc) is 2.18. The summed E-state index contributed by atoms with van der Waals surface area (Å²) < 4.78 is 0. The summed E-state index contributed by atoms with van der Waals surface area (Å²) in [5, 5.41) is 2.56. The minimum Gasteiger partial charge on any atom is -0.387 e. The number of nitrogens with one attached hydrogen (secondary N) is 1. The number of amides is 2. The minimum atomic E-state index is -0.222. The summed E-state index contributed by atoms with van der Waals surface area (Å²) in [5.74, 6) is 1.98. The zero-order valence-electron chi connectivity index (χ0n) is 7.53. The number of hydrogen-bond acceptors (Lipinski definition) is 3. The van der Waals surface area contributed by atoms with E-state index in [9.17, 15) is 4.79 Å². The van der Waals surface area contributed by atoms with E-state index in [1.807, 2.05) is 10.8 Å². The van der Waals surface area contributed by atoms with Gasteiger partial charge >= 0.3 is 0 Å². The fraction of sp³-hybridized carbons (Fsp3) is 0.833. The van der Waals surface area contributed by atoms with Gasteiger partial charge in [0.2, 0.25) is 15.4 Å². The van der Waals surface area contributed by atoms with E-state index in [-0.39, 0.29) is 12.1 Å². The molecule has 7 heteroatoms. The highest BCUT2D eigenvalue weighted by Crippen LogP contribution is 2.30. The van der Waals surface area contributed by atoms with Crippen molar-refractivity contribution in [2.75, 3.05) is 11.5 Å². The molecule has 3 nitrogen and oxygen atoms in total. The second-order valence-electron chi connectivity index (χ2n) is 2.69. The van der Waals surface area contributed by atoms with Crippen molar-refractivity contribution in [3.63, 3.8) is 0 Å². The number of urea groups is 1. The lowest BCUT2D eigenvalue weighted by Gasteiger charge is -2.31. The molecule has 13 heavy (non-hydrogen) atoms. The summed E-state index contributed by atoms with van der Waals surface area (Å²) >= 11 is 0. The largest absolute Gasteiger partial charge is 0.387 e. The Kier molecular flexibility index (Phi) is 4.94. The molecule has 0 aromatic rings. The van der Waals surface area contributed by atoms with Crippen LogP contribution in [0.2, 0.25) is 6.82 Å². The molecular weight excluding hydrogens is 202 g/mol. The number of rotatable bonds is 2. The lowest BCUT2D eigenvalue weighted by atomic mass is 10.0. The molecule has 0 aliphatic carbocycles. The molecule has 69 valence electrons. The molecule has 2 amide bonds. The van der Waals surface area contributed by atoms with Crippen LogP contribution in [0.3, 0.4) is 0 Å². The highest BCUT2D eigenvalue weighted by molar-refractivity contribution is 8.76. The standard InChI is InChI=1S/C6H11B2N2OS2/c1-8-9-6(11)10(7)5-2-3-12-13-4-5/h5H,2-4H2,1H3,(H,9,11). The maximum absolute atomic E-state index is 11.3. The molecule has 0 bridgehead atoms. The van der Waals surface area contributed by atoms with Gasteiger partial charge in [-0.1, -0.05) is 28.4 Å². The predicted octanol–water partition coefficient (Wildman–Crippen LogP) is 0.903. The quantitative estimate of drug-likeness (QED) is 0.546. The first-order valence-corrected chi connectivity index (χ1v) is 6.61. The van der Waals surface area contributed by atoms with Crippen LogP contribution in [0.15, 0.2) is 0 Å². The Bertz CT molecular complexity index is 178.